The Morgan fingerprint density at radius 1 is 1.16 bits per heavy atom. The Balaban J connectivity index is 1.86. The lowest BCUT2D eigenvalue weighted by Gasteiger charge is -2.16. The largest absolute Gasteiger partial charge is 0.394 e. The molecule has 25 heavy (non-hydrogen) atoms. The van der Waals surface area contributed by atoms with E-state index in [0.29, 0.717) is 0 Å². The zero-order valence-corrected chi connectivity index (χ0v) is 13.2. The second-order valence-electron chi connectivity index (χ2n) is 5.78. The molecule has 1 atom stereocenters. The van der Waals surface area contributed by atoms with Crippen LogP contribution in [-0.2, 0) is 0 Å². The number of aromatic nitrogens is 1. The summed E-state index contributed by atoms with van der Waals surface area (Å²) in [5.41, 5.74) is 1.96. The topological polar surface area (TPSA) is 65.1 Å². The third-order valence-electron chi connectivity index (χ3n) is 3.92. The number of benzene rings is 2. The molecular formula is C18H15F3N2O2. The van der Waals surface area contributed by atoms with Crippen LogP contribution >= 0.6 is 0 Å². The first-order valence-corrected chi connectivity index (χ1v) is 7.54. The molecule has 3 N–H and O–H groups in total. The zero-order chi connectivity index (χ0) is 18.1. The van der Waals surface area contributed by atoms with Gasteiger partial charge in [-0.2, -0.15) is 0 Å². The number of carbonyl (C=O) groups excluding carboxylic acids is 1. The normalized spacial score (nSPS) is 12.4. The fourth-order valence-corrected chi connectivity index (χ4v) is 2.61. The maximum absolute atomic E-state index is 13.4. The van der Waals surface area contributed by atoms with Gasteiger partial charge < -0.3 is 15.4 Å². The molecule has 4 nitrogen and oxygen atoms in total. The molecule has 0 fully saturated rings. The van der Waals surface area contributed by atoms with Crippen molar-refractivity contribution in [3.63, 3.8) is 0 Å². The van der Waals surface area contributed by atoms with Crippen LogP contribution < -0.4 is 5.32 Å². The van der Waals surface area contributed by atoms with Gasteiger partial charge in [0.05, 0.1) is 12.6 Å². The number of hydrogen-bond donors (Lipinski definition) is 3. The van der Waals surface area contributed by atoms with E-state index in [1.54, 1.807) is 6.07 Å². The van der Waals surface area contributed by atoms with E-state index >= 15 is 0 Å². The highest BCUT2D eigenvalue weighted by molar-refractivity contribution is 5.98. The first-order valence-electron chi connectivity index (χ1n) is 7.54. The van der Waals surface area contributed by atoms with Crippen LogP contribution in [0.2, 0.25) is 0 Å². The van der Waals surface area contributed by atoms with Crippen LogP contribution in [-0.4, -0.2) is 22.6 Å². The Labute approximate surface area is 141 Å². The Morgan fingerprint density at radius 3 is 2.48 bits per heavy atom. The number of aromatic amines is 1. The first kappa shape index (κ1) is 17.0. The highest BCUT2D eigenvalue weighted by Crippen LogP contribution is 2.21. The molecule has 1 unspecified atom stereocenters. The van der Waals surface area contributed by atoms with Crippen LogP contribution in [0.3, 0.4) is 0 Å². The van der Waals surface area contributed by atoms with Crippen molar-refractivity contribution in [2.75, 3.05) is 6.61 Å². The molecule has 7 heteroatoms. The minimum Gasteiger partial charge on any atom is -0.394 e. The van der Waals surface area contributed by atoms with E-state index in [-0.39, 0.29) is 11.3 Å². The Bertz CT molecular complexity index is 930. The monoisotopic (exact) mass is 348 g/mol. The molecular weight excluding hydrogens is 333 g/mol. The lowest BCUT2D eigenvalue weighted by molar-refractivity contribution is 0.0911. The van der Waals surface area contributed by atoms with Gasteiger partial charge in [-0.05, 0) is 42.3 Å². The highest BCUT2D eigenvalue weighted by atomic mass is 19.2. The van der Waals surface area contributed by atoms with Crippen LogP contribution in [0.5, 0.6) is 0 Å². The summed E-state index contributed by atoms with van der Waals surface area (Å²) in [4.78, 5) is 15.3. The average Bonchev–Trinajstić information content (AvgIpc) is 3.00. The van der Waals surface area contributed by atoms with Crippen molar-refractivity contribution in [2.45, 2.75) is 13.0 Å². The van der Waals surface area contributed by atoms with Crippen LogP contribution in [0.25, 0.3) is 10.9 Å². The summed E-state index contributed by atoms with van der Waals surface area (Å²) in [6, 6.07) is 7.67. The Morgan fingerprint density at radius 2 is 1.84 bits per heavy atom. The summed E-state index contributed by atoms with van der Waals surface area (Å²) in [5.74, 6) is -4.93. The van der Waals surface area contributed by atoms with Crippen LogP contribution in [0.4, 0.5) is 13.2 Å². The lowest BCUT2D eigenvalue weighted by atomic mass is 10.1. The maximum Gasteiger partial charge on any atom is 0.268 e. The Kier molecular flexibility index (Phi) is 4.50. The van der Waals surface area contributed by atoms with Crippen molar-refractivity contribution < 1.29 is 23.1 Å². The molecule has 0 radical (unpaired) electrons. The number of aliphatic hydroxyl groups excluding tert-OH is 1. The summed E-state index contributed by atoms with van der Waals surface area (Å²) in [7, 11) is 0. The maximum atomic E-state index is 13.4. The molecule has 0 saturated carbocycles. The van der Waals surface area contributed by atoms with Crippen molar-refractivity contribution in [1.29, 1.82) is 0 Å². The third-order valence-corrected chi connectivity index (χ3v) is 3.92. The SMILES string of the molecule is Cc1ccc2cc(C(=O)NC(CO)c3cc(F)c(F)c(F)c3)[nH]c2c1. The van der Waals surface area contributed by atoms with Gasteiger partial charge in [0.15, 0.2) is 17.5 Å². The second-order valence-corrected chi connectivity index (χ2v) is 5.78. The molecule has 0 aliphatic heterocycles. The molecule has 0 aliphatic carbocycles. The average molecular weight is 348 g/mol. The second kappa shape index (κ2) is 6.60. The number of H-pyrrole nitrogens is 1. The summed E-state index contributed by atoms with van der Waals surface area (Å²) in [5, 5.41) is 12.7. The molecule has 1 amide bonds. The standard InChI is InChI=1S/C18H15F3N2O2/c1-9-2-3-10-7-15(22-14(10)4-9)18(25)23-16(8-24)11-5-12(19)17(21)13(20)6-11/h2-7,16,22,24H,8H2,1H3,(H,23,25). The quantitative estimate of drug-likeness (QED) is 0.633. The molecule has 3 aromatic rings. The van der Waals surface area contributed by atoms with Crippen molar-refractivity contribution in [3.8, 4) is 0 Å². The number of fused-ring (bicyclic) bond motifs is 1. The predicted molar refractivity (Wildman–Crippen MR) is 86.6 cm³/mol. The molecule has 130 valence electrons. The van der Waals surface area contributed by atoms with Crippen molar-refractivity contribution in [1.82, 2.24) is 10.3 Å². The van der Waals surface area contributed by atoms with Gasteiger partial charge in [0.25, 0.3) is 5.91 Å². The number of hydrogen-bond acceptors (Lipinski definition) is 2. The van der Waals surface area contributed by atoms with E-state index in [9.17, 15) is 23.1 Å². The first-order chi connectivity index (χ1) is 11.9. The van der Waals surface area contributed by atoms with Gasteiger partial charge in [-0.25, -0.2) is 13.2 Å². The van der Waals surface area contributed by atoms with E-state index in [1.165, 1.54) is 0 Å². The number of halogens is 3. The van der Waals surface area contributed by atoms with Gasteiger partial charge in [0, 0.05) is 10.9 Å². The van der Waals surface area contributed by atoms with Gasteiger partial charge in [0.2, 0.25) is 0 Å². The van der Waals surface area contributed by atoms with Gasteiger partial charge in [-0.1, -0.05) is 12.1 Å². The fraction of sp³-hybridized carbons (Fsp3) is 0.167. The minimum absolute atomic E-state index is 0.0702. The molecule has 3 rings (SSSR count). The van der Waals surface area contributed by atoms with Gasteiger partial charge in [0.1, 0.15) is 5.69 Å². The number of aryl methyl sites for hydroxylation is 1. The Hall–Kier alpha value is -2.80. The third kappa shape index (κ3) is 3.36. The molecule has 1 heterocycles. The summed E-state index contributed by atoms with van der Waals surface area (Å²) in [6.45, 7) is 1.31. The van der Waals surface area contributed by atoms with E-state index in [1.807, 2.05) is 25.1 Å². The van der Waals surface area contributed by atoms with Crippen molar-refractivity contribution in [3.05, 3.63) is 70.7 Å². The highest BCUT2D eigenvalue weighted by Gasteiger charge is 2.20. The summed E-state index contributed by atoms with van der Waals surface area (Å²) < 4.78 is 39.8. The molecule has 0 bridgehead atoms. The van der Waals surface area contributed by atoms with E-state index in [0.717, 1.165) is 28.6 Å². The smallest absolute Gasteiger partial charge is 0.268 e. The van der Waals surface area contributed by atoms with Crippen LogP contribution in [0.15, 0.2) is 36.4 Å². The van der Waals surface area contributed by atoms with E-state index in [2.05, 4.69) is 10.3 Å². The van der Waals surface area contributed by atoms with Crippen molar-refractivity contribution >= 4 is 16.8 Å². The van der Waals surface area contributed by atoms with E-state index < -0.39 is 36.0 Å². The van der Waals surface area contributed by atoms with E-state index in [4.69, 9.17) is 0 Å². The fourth-order valence-electron chi connectivity index (χ4n) is 2.61. The number of aliphatic hydroxyl groups is 1. The molecule has 1 aromatic heterocycles. The number of amides is 1. The van der Waals surface area contributed by atoms with Crippen molar-refractivity contribution in [2.24, 2.45) is 0 Å². The molecule has 0 saturated heterocycles. The van der Waals surface area contributed by atoms with Crippen LogP contribution in [0, 0.1) is 24.4 Å². The molecule has 0 spiro atoms. The summed E-state index contributed by atoms with van der Waals surface area (Å²) in [6.07, 6.45) is 0. The number of nitrogens with one attached hydrogen (secondary N) is 2. The zero-order valence-electron chi connectivity index (χ0n) is 13.2. The molecule has 0 aliphatic rings. The lowest BCUT2D eigenvalue weighted by Crippen LogP contribution is -2.31. The number of carbonyl (C=O) groups is 1. The van der Waals surface area contributed by atoms with Gasteiger partial charge >= 0.3 is 0 Å². The van der Waals surface area contributed by atoms with Crippen LogP contribution in [0.1, 0.15) is 27.7 Å². The summed E-state index contributed by atoms with van der Waals surface area (Å²) >= 11 is 0. The number of rotatable bonds is 4. The van der Waals surface area contributed by atoms with Gasteiger partial charge in [-0.3, -0.25) is 4.79 Å². The van der Waals surface area contributed by atoms with Gasteiger partial charge in [-0.15, -0.1) is 0 Å². The molecule has 2 aromatic carbocycles. The minimum atomic E-state index is -1.60. The predicted octanol–water partition coefficient (Wildman–Crippen LogP) is 3.36.